The van der Waals surface area contributed by atoms with Gasteiger partial charge in [0.05, 0.1) is 12.1 Å². The second-order valence-corrected chi connectivity index (χ2v) is 5.08. The largest absolute Gasteiger partial charge is 0.491 e. The van der Waals surface area contributed by atoms with Crippen molar-refractivity contribution >= 4 is 17.5 Å². The fourth-order valence-electron chi connectivity index (χ4n) is 2.36. The summed E-state index contributed by atoms with van der Waals surface area (Å²) in [7, 11) is 0. The lowest BCUT2D eigenvalue weighted by molar-refractivity contribution is 0.0955. The summed E-state index contributed by atoms with van der Waals surface area (Å²) in [6, 6.07) is 12.4. The van der Waals surface area contributed by atoms with E-state index in [2.05, 4.69) is 10.6 Å². The molecular weight excluding hydrogens is 280 g/mol. The van der Waals surface area contributed by atoms with Crippen molar-refractivity contribution in [2.75, 3.05) is 18.5 Å². The van der Waals surface area contributed by atoms with Gasteiger partial charge in [-0.05, 0) is 36.8 Å². The van der Waals surface area contributed by atoms with Gasteiger partial charge in [0, 0.05) is 11.3 Å². The molecule has 22 heavy (non-hydrogen) atoms. The number of aryl methyl sites for hydroxylation is 1. The summed E-state index contributed by atoms with van der Waals surface area (Å²) in [6.45, 7) is 2.79. The molecule has 112 valence electrons. The van der Waals surface area contributed by atoms with Crippen LogP contribution in [-0.4, -0.2) is 25.0 Å². The normalized spacial score (nSPS) is 13.4. The first-order valence-electron chi connectivity index (χ1n) is 7.07. The van der Waals surface area contributed by atoms with Gasteiger partial charge in [-0.3, -0.25) is 9.59 Å². The van der Waals surface area contributed by atoms with Gasteiger partial charge < -0.3 is 15.4 Å². The summed E-state index contributed by atoms with van der Waals surface area (Å²) >= 11 is 0. The number of rotatable bonds is 2. The van der Waals surface area contributed by atoms with Crippen molar-refractivity contribution in [2.24, 2.45) is 0 Å². The Balaban J connectivity index is 1.86. The van der Waals surface area contributed by atoms with Crippen LogP contribution in [0.15, 0.2) is 42.5 Å². The van der Waals surface area contributed by atoms with E-state index in [9.17, 15) is 9.59 Å². The molecule has 0 unspecified atom stereocenters. The molecule has 1 aliphatic heterocycles. The number of hydrogen-bond donors (Lipinski definition) is 2. The topological polar surface area (TPSA) is 67.4 Å². The van der Waals surface area contributed by atoms with Crippen LogP contribution >= 0.6 is 0 Å². The van der Waals surface area contributed by atoms with Crippen molar-refractivity contribution in [2.45, 2.75) is 6.92 Å². The number of hydrogen-bond acceptors (Lipinski definition) is 3. The third-order valence-corrected chi connectivity index (χ3v) is 3.52. The maximum absolute atomic E-state index is 12.3. The smallest absolute Gasteiger partial charge is 0.255 e. The molecule has 0 saturated heterocycles. The van der Waals surface area contributed by atoms with Gasteiger partial charge in [-0.15, -0.1) is 0 Å². The Labute approximate surface area is 128 Å². The first-order valence-corrected chi connectivity index (χ1v) is 7.07. The van der Waals surface area contributed by atoms with Crippen molar-refractivity contribution < 1.29 is 14.3 Å². The molecule has 1 aliphatic rings. The Morgan fingerprint density at radius 3 is 2.86 bits per heavy atom. The van der Waals surface area contributed by atoms with Crippen molar-refractivity contribution in [3.05, 3.63) is 59.2 Å². The SMILES string of the molecule is Cc1ccccc1C(=O)Nc1ccc2c(c1)C(=O)NCCO2. The number of benzene rings is 2. The maximum Gasteiger partial charge on any atom is 0.255 e. The molecule has 0 radical (unpaired) electrons. The Bertz CT molecular complexity index is 740. The Morgan fingerprint density at radius 1 is 1.23 bits per heavy atom. The van der Waals surface area contributed by atoms with Crippen LogP contribution in [0, 0.1) is 6.92 Å². The Hall–Kier alpha value is -2.82. The molecular formula is C17H16N2O3. The number of amides is 2. The minimum Gasteiger partial charge on any atom is -0.491 e. The predicted octanol–water partition coefficient (Wildman–Crippen LogP) is 2.37. The van der Waals surface area contributed by atoms with E-state index in [0.717, 1.165) is 5.56 Å². The molecule has 0 aliphatic carbocycles. The number of fused-ring (bicyclic) bond motifs is 1. The number of nitrogens with one attached hydrogen (secondary N) is 2. The van der Waals surface area contributed by atoms with Gasteiger partial charge in [-0.2, -0.15) is 0 Å². The highest BCUT2D eigenvalue weighted by Crippen LogP contribution is 2.24. The molecule has 2 aromatic rings. The highest BCUT2D eigenvalue weighted by Gasteiger charge is 2.17. The van der Waals surface area contributed by atoms with Crippen LogP contribution in [0.5, 0.6) is 5.75 Å². The zero-order chi connectivity index (χ0) is 15.5. The molecule has 0 aromatic heterocycles. The quantitative estimate of drug-likeness (QED) is 0.894. The fraction of sp³-hybridized carbons (Fsp3) is 0.176. The molecule has 0 spiro atoms. The van der Waals surface area contributed by atoms with Crippen LogP contribution in [0.4, 0.5) is 5.69 Å². The standard InChI is InChI=1S/C17H16N2O3/c1-11-4-2-3-5-13(11)17(21)19-12-6-7-15-14(10-12)16(20)18-8-9-22-15/h2-7,10H,8-9H2,1H3,(H,18,20)(H,19,21). The highest BCUT2D eigenvalue weighted by atomic mass is 16.5. The Morgan fingerprint density at radius 2 is 2.05 bits per heavy atom. The lowest BCUT2D eigenvalue weighted by Crippen LogP contribution is -2.24. The van der Waals surface area contributed by atoms with E-state index in [1.54, 1.807) is 24.3 Å². The summed E-state index contributed by atoms with van der Waals surface area (Å²) in [4.78, 5) is 24.3. The molecule has 3 rings (SSSR count). The van der Waals surface area contributed by atoms with Crippen molar-refractivity contribution in [3.8, 4) is 5.75 Å². The van der Waals surface area contributed by atoms with Gasteiger partial charge in [0.2, 0.25) is 0 Å². The van der Waals surface area contributed by atoms with Gasteiger partial charge >= 0.3 is 0 Å². The molecule has 0 fully saturated rings. The van der Waals surface area contributed by atoms with Gasteiger partial charge in [0.15, 0.2) is 0 Å². The van der Waals surface area contributed by atoms with Crippen LogP contribution in [0.25, 0.3) is 0 Å². The summed E-state index contributed by atoms with van der Waals surface area (Å²) in [5, 5.41) is 5.56. The van der Waals surface area contributed by atoms with E-state index in [4.69, 9.17) is 4.74 Å². The molecule has 1 heterocycles. The van der Waals surface area contributed by atoms with Crippen molar-refractivity contribution in [3.63, 3.8) is 0 Å². The molecule has 5 nitrogen and oxygen atoms in total. The maximum atomic E-state index is 12.3. The molecule has 0 atom stereocenters. The van der Waals surface area contributed by atoms with E-state index >= 15 is 0 Å². The third kappa shape index (κ3) is 2.79. The minimum atomic E-state index is -0.201. The van der Waals surface area contributed by atoms with Crippen LogP contribution < -0.4 is 15.4 Å². The molecule has 0 saturated carbocycles. The van der Waals surface area contributed by atoms with Crippen molar-refractivity contribution in [1.29, 1.82) is 0 Å². The fourth-order valence-corrected chi connectivity index (χ4v) is 2.36. The molecule has 2 amide bonds. The molecule has 2 aromatic carbocycles. The van der Waals surface area contributed by atoms with Crippen LogP contribution in [-0.2, 0) is 0 Å². The number of carbonyl (C=O) groups excluding carboxylic acids is 2. The zero-order valence-electron chi connectivity index (χ0n) is 12.2. The lowest BCUT2D eigenvalue weighted by atomic mass is 10.1. The van der Waals surface area contributed by atoms with Gasteiger partial charge in [0.25, 0.3) is 11.8 Å². The average molecular weight is 296 g/mol. The Kier molecular flexibility index (Phi) is 3.78. The second-order valence-electron chi connectivity index (χ2n) is 5.08. The van der Waals surface area contributed by atoms with E-state index in [-0.39, 0.29) is 11.8 Å². The van der Waals surface area contributed by atoms with Gasteiger partial charge in [0.1, 0.15) is 12.4 Å². The number of anilines is 1. The van der Waals surface area contributed by atoms with E-state index in [1.807, 2.05) is 25.1 Å². The van der Waals surface area contributed by atoms with E-state index in [0.29, 0.717) is 35.7 Å². The second kappa shape index (κ2) is 5.89. The number of ether oxygens (including phenoxy) is 1. The summed E-state index contributed by atoms with van der Waals surface area (Å²) < 4.78 is 5.49. The van der Waals surface area contributed by atoms with Crippen molar-refractivity contribution in [1.82, 2.24) is 5.32 Å². The van der Waals surface area contributed by atoms with E-state index < -0.39 is 0 Å². The molecule has 2 N–H and O–H groups in total. The van der Waals surface area contributed by atoms with Crippen LogP contribution in [0.2, 0.25) is 0 Å². The molecule has 0 bridgehead atoms. The highest BCUT2D eigenvalue weighted by molar-refractivity contribution is 6.06. The first kappa shape index (κ1) is 14.1. The summed E-state index contributed by atoms with van der Waals surface area (Å²) in [6.07, 6.45) is 0. The van der Waals surface area contributed by atoms with Gasteiger partial charge in [-0.25, -0.2) is 0 Å². The van der Waals surface area contributed by atoms with Gasteiger partial charge in [-0.1, -0.05) is 18.2 Å². The average Bonchev–Trinajstić information content (AvgIpc) is 2.70. The minimum absolute atomic E-state index is 0.195. The number of carbonyl (C=O) groups is 2. The third-order valence-electron chi connectivity index (χ3n) is 3.52. The summed E-state index contributed by atoms with van der Waals surface area (Å²) in [5.74, 6) is 0.136. The van der Waals surface area contributed by atoms with E-state index in [1.165, 1.54) is 0 Å². The lowest BCUT2D eigenvalue weighted by Gasteiger charge is -2.10. The first-order chi connectivity index (χ1) is 10.6. The predicted molar refractivity (Wildman–Crippen MR) is 83.4 cm³/mol. The molecule has 5 heteroatoms. The monoisotopic (exact) mass is 296 g/mol. The summed E-state index contributed by atoms with van der Waals surface area (Å²) in [5.41, 5.74) is 2.50. The zero-order valence-corrected chi connectivity index (χ0v) is 12.2. The van der Waals surface area contributed by atoms with Crippen LogP contribution in [0.3, 0.4) is 0 Å². The van der Waals surface area contributed by atoms with Crippen LogP contribution in [0.1, 0.15) is 26.3 Å².